The van der Waals surface area contributed by atoms with Crippen molar-refractivity contribution in [2.75, 3.05) is 0 Å². The Balaban J connectivity index is 0.000000152. The lowest BCUT2D eigenvalue weighted by Crippen LogP contribution is -2.50. The molecule has 3 nitrogen and oxygen atoms in total. The molecule has 0 unspecified atom stereocenters. The molecule has 4 aliphatic rings. The zero-order valence-corrected chi connectivity index (χ0v) is 11.2. The third-order valence-electron chi connectivity index (χ3n) is 4.39. The van der Waals surface area contributed by atoms with Crippen LogP contribution in [0.3, 0.4) is 0 Å². The van der Waals surface area contributed by atoms with E-state index in [2.05, 4.69) is 11.3 Å². The number of halogens is 3. The van der Waals surface area contributed by atoms with Gasteiger partial charge >= 0.3 is 12.3 Å². The van der Waals surface area contributed by atoms with Gasteiger partial charge in [0.1, 0.15) is 0 Å². The predicted molar refractivity (Wildman–Crippen MR) is 65.5 cm³/mol. The second kappa shape index (κ2) is 5.39. The zero-order chi connectivity index (χ0) is 15.0. The van der Waals surface area contributed by atoms with Crippen LogP contribution in [0.25, 0.3) is 0 Å². The van der Waals surface area contributed by atoms with Crippen LogP contribution in [0.5, 0.6) is 0 Å². The highest BCUT2D eigenvalue weighted by Crippen LogP contribution is 2.55. The van der Waals surface area contributed by atoms with Crippen LogP contribution in [-0.2, 0) is 9.53 Å². The van der Waals surface area contributed by atoms with Crippen LogP contribution in [0, 0.1) is 17.8 Å². The molecule has 0 amide bonds. The highest BCUT2D eigenvalue weighted by molar-refractivity contribution is 5.81. The Kier molecular flexibility index (Phi) is 4.14. The summed E-state index contributed by atoms with van der Waals surface area (Å²) < 4.78 is 35.8. The first-order valence-electron chi connectivity index (χ1n) is 6.83. The Bertz CT molecular complexity index is 354. The Labute approximate surface area is 115 Å². The van der Waals surface area contributed by atoms with E-state index in [1.54, 1.807) is 0 Å². The molecular formula is C14H19F3O3. The molecular weight excluding hydrogens is 273 g/mol. The van der Waals surface area contributed by atoms with Gasteiger partial charge in [-0.2, -0.15) is 0 Å². The smallest absolute Gasteiger partial charge is 0.390 e. The first-order chi connectivity index (χ1) is 9.19. The lowest BCUT2D eigenvalue weighted by molar-refractivity contribution is -0.302. The van der Waals surface area contributed by atoms with Gasteiger partial charge in [0.25, 0.3) is 0 Å². The minimum Gasteiger partial charge on any atom is -0.390 e. The Morgan fingerprint density at radius 1 is 1.15 bits per heavy atom. The average Bonchev–Trinajstić information content (AvgIpc) is 2.23. The van der Waals surface area contributed by atoms with Gasteiger partial charge < -0.3 is 9.84 Å². The molecule has 4 fully saturated rings. The standard InChI is InChI=1S/C10H16O.C4H3F3O2/c11-10-4-7-1-8(5-10)3-9(2-7)6-10;1-2-3(8)9-4(5,6)7/h7-9,11H,1-6H2;2H,1H2. The molecule has 0 spiro atoms. The summed E-state index contributed by atoms with van der Waals surface area (Å²) in [6.07, 6.45) is 3.20. The summed E-state index contributed by atoms with van der Waals surface area (Å²) in [4.78, 5) is 9.77. The van der Waals surface area contributed by atoms with Gasteiger partial charge in [0.15, 0.2) is 0 Å². The van der Waals surface area contributed by atoms with E-state index in [0.29, 0.717) is 6.08 Å². The predicted octanol–water partition coefficient (Wildman–Crippen LogP) is 3.18. The second-order valence-electron chi connectivity index (χ2n) is 6.21. The average molecular weight is 292 g/mol. The van der Waals surface area contributed by atoms with Crippen molar-refractivity contribution < 1.29 is 27.8 Å². The molecule has 0 saturated heterocycles. The molecule has 0 heterocycles. The van der Waals surface area contributed by atoms with Crippen LogP contribution < -0.4 is 0 Å². The minimum absolute atomic E-state index is 0.200. The van der Waals surface area contributed by atoms with Crippen LogP contribution in [0.15, 0.2) is 12.7 Å². The van der Waals surface area contributed by atoms with Crippen LogP contribution in [0.2, 0.25) is 0 Å². The number of rotatable bonds is 1. The summed E-state index contributed by atoms with van der Waals surface area (Å²) in [5.74, 6) is 1.19. The van der Waals surface area contributed by atoms with Crippen LogP contribution in [-0.4, -0.2) is 23.0 Å². The van der Waals surface area contributed by atoms with Crippen molar-refractivity contribution in [3.63, 3.8) is 0 Å². The minimum atomic E-state index is -4.90. The number of ether oxygens (including phenoxy) is 1. The molecule has 1 N–H and O–H groups in total. The Morgan fingerprint density at radius 2 is 1.55 bits per heavy atom. The van der Waals surface area contributed by atoms with Crippen molar-refractivity contribution in [3.8, 4) is 0 Å². The first kappa shape index (κ1) is 15.4. The molecule has 0 aliphatic heterocycles. The molecule has 4 aliphatic carbocycles. The fourth-order valence-corrected chi connectivity index (χ4v) is 4.22. The second-order valence-corrected chi connectivity index (χ2v) is 6.21. The van der Waals surface area contributed by atoms with Crippen molar-refractivity contribution in [2.24, 2.45) is 17.8 Å². The maximum atomic E-state index is 11.0. The summed E-state index contributed by atoms with van der Waals surface area (Å²) in [5, 5.41) is 10.1. The summed E-state index contributed by atoms with van der Waals surface area (Å²) in [7, 11) is 0. The molecule has 4 bridgehead atoms. The SMILES string of the molecule is C=CC(=O)OC(F)(F)F.OC12CC3CC(CC(C3)C1)C2. The third kappa shape index (κ3) is 3.98. The van der Waals surface area contributed by atoms with E-state index in [1.807, 2.05) is 0 Å². The van der Waals surface area contributed by atoms with Gasteiger partial charge in [-0.05, 0) is 56.3 Å². The van der Waals surface area contributed by atoms with E-state index in [4.69, 9.17) is 0 Å². The molecule has 4 rings (SSSR count). The quantitative estimate of drug-likeness (QED) is 0.596. The highest BCUT2D eigenvalue weighted by Gasteiger charge is 2.49. The fraction of sp³-hybridized carbons (Fsp3) is 0.786. The number of hydrogen-bond acceptors (Lipinski definition) is 3. The number of alkyl halides is 3. The lowest BCUT2D eigenvalue weighted by atomic mass is 9.54. The lowest BCUT2D eigenvalue weighted by Gasteiger charge is -2.54. The fourth-order valence-electron chi connectivity index (χ4n) is 4.22. The number of carbonyl (C=O) groups is 1. The van der Waals surface area contributed by atoms with Gasteiger partial charge in [-0.25, -0.2) is 4.79 Å². The zero-order valence-electron chi connectivity index (χ0n) is 11.2. The molecule has 20 heavy (non-hydrogen) atoms. The molecule has 0 aromatic rings. The summed E-state index contributed by atoms with van der Waals surface area (Å²) in [6, 6.07) is 0. The molecule has 114 valence electrons. The maximum Gasteiger partial charge on any atom is 0.575 e. The summed E-state index contributed by atoms with van der Waals surface area (Å²) in [5.41, 5.74) is -0.200. The van der Waals surface area contributed by atoms with Gasteiger partial charge in [0, 0.05) is 6.08 Å². The molecule has 6 heteroatoms. The highest BCUT2D eigenvalue weighted by atomic mass is 19.4. The largest absolute Gasteiger partial charge is 0.575 e. The van der Waals surface area contributed by atoms with E-state index < -0.39 is 12.3 Å². The molecule has 0 aromatic heterocycles. The Hall–Kier alpha value is -1.04. The maximum absolute atomic E-state index is 11.0. The van der Waals surface area contributed by atoms with Crippen molar-refractivity contribution in [3.05, 3.63) is 12.7 Å². The van der Waals surface area contributed by atoms with Crippen molar-refractivity contribution in [1.82, 2.24) is 0 Å². The van der Waals surface area contributed by atoms with E-state index in [-0.39, 0.29) is 5.60 Å². The van der Waals surface area contributed by atoms with Crippen molar-refractivity contribution in [2.45, 2.75) is 50.5 Å². The summed E-state index contributed by atoms with van der Waals surface area (Å²) >= 11 is 0. The molecule has 0 aromatic carbocycles. The molecule has 0 radical (unpaired) electrons. The van der Waals surface area contributed by atoms with Gasteiger partial charge in [-0.1, -0.05) is 6.58 Å². The monoisotopic (exact) mass is 292 g/mol. The van der Waals surface area contributed by atoms with E-state index in [9.17, 15) is 23.1 Å². The van der Waals surface area contributed by atoms with Gasteiger partial charge in [-0.15, -0.1) is 13.2 Å². The normalized spacial score (nSPS) is 37.9. The van der Waals surface area contributed by atoms with E-state index in [1.165, 1.54) is 19.3 Å². The van der Waals surface area contributed by atoms with Crippen molar-refractivity contribution in [1.29, 1.82) is 0 Å². The number of carbonyl (C=O) groups excluding carboxylic acids is 1. The van der Waals surface area contributed by atoms with Crippen LogP contribution in [0.4, 0.5) is 13.2 Å². The van der Waals surface area contributed by atoms with Gasteiger partial charge in [0.05, 0.1) is 5.60 Å². The van der Waals surface area contributed by atoms with E-state index in [0.717, 1.165) is 37.0 Å². The Morgan fingerprint density at radius 3 is 1.75 bits per heavy atom. The van der Waals surface area contributed by atoms with Gasteiger partial charge in [0.2, 0.25) is 0 Å². The number of esters is 1. The van der Waals surface area contributed by atoms with Crippen LogP contribution >= 0.6 is 0 Å². The summed E-state index contributed by atoms with van der Waals surface area (Å²) in [6.45, 7) is 2.77. The topological polar surface area (TPSA) is 46.5 Å². The van der Waals surface area contributed by atoms with Gasteiger partial charge in [-0.3, -0.25) is 0 Å². The first-order valence-corrected chi connectivity index (χ1v) is 6.83. The van der Waals surface area contributed by atoms with Crippen molar-refractivity contribution >= 4 is 5.97 Å². The van der Waals surface area contributed by atoms with Crippen LogP contribution in [0.1, 0.15) is 38.5 Å². The number of hydrogen-bond donors (Lipinski definition) is 1. The third-order valence-corrected chi connectivity index (χ3v) is 4.39. The molecule has 0 atom stereocenters. The molecule has 4 saturated carbocycles. The van der Waals surface area contributed by atoms with E-state index >= 15 is 0 Å². The number of aliphatic hydroxyl groups is 1.